The predicted molar refractivity (Wildman–Crippen MR) is 77.7 cm³/mol. The predicted octanol–water partition coefficient (Wildman–Crippen LogP) is 2.87. The van der Waals surface area contributed by atoms with E-state index in [4.69, 9.17) is 0 Å². The number of anilines is 1. The van der Waals surface area contributed by atoms with Gasteiger partial charge < -0.3 is 10.6 Å². The van der Waals surface area contributed by atoms with Crippen LogP contribution in [-0.4, -0.2) is 23.5 Å². The fourth-order valence-electron chi connectivity index (χ4n) is 1.51. The topological polar surface area (TPSA) is 54.0 Å². The number of carbonyl (C=O) groups is 1. The van der Waals surface area contributed by atoms with Crippen LogP contribution in [0.25, 0.3) is 0 Å². The lowest BCUT2D eigenvalue weighted by Gasteiger charge is -2.09. The van der Waals surface area contributed by atoms with E-state index < -0.39 is 0 Å². The van der Waals surface area contributed by atoms with Gasteiger partial charge in [0.15, 0.2) is 0 Å². The molecule has 100 valence electrons. The minimum atomic E-state index is 0.0350. The Morgan fingerprint density at radius 2 is 2.17 bits per heavy atom. The highest BCUT2D eigenvalue weighted by Crippen LogP contribution is 2.16. The lowest BCUT2D eigenvalue weighted by molar-refractivity contribution is -0.116. The van der Waals surface area contributed by atoms with Crippen LogP contribution in [-0.2, 0) is 4.79 Å². The van der Waals surface area contributed by atoms with Gasteiger partial charge in [-0.1, -0.05) is 13.8 Å². The van der Waals surface area contributed by atoms with Gasteiger partial charge in [0.25, 0.3) is 0 Å². The van der Waals surface area contributed by atoms with Crippen LogP contribution < -0.4 is 10.6 Å². The van der Waals surface area contributed by atoms with Crippen molar-refractivity contribution in [3.63, 3.8) is 0 Å². The van der Waals surface area contributed by atoms with Crippen LogP contribution in [0.4, 0.5) is 5.69 Å². The Bertz CT molecular complexity index is 407. The third kappa shape index (κ3) is 5.60. The SMILES string of the molecule is Cc1nc(Br)ccc1NC(=O)CCCNC(C)C. The summed E-state index contributed by atoms with van der Waals surface area (Å²) in [5, 5.41) is 6.16. The summed E-state index contributed by atoms with van der Waals surface area (Å²) in [5.74, 6) is 0.0350. The van der Waals surface area contributed by atoms with Crippen LogP contribution in [0.2, 0.25) is 0 Å². The molecule has 5 heteroatoms. The molecule has 0 aliphatic heterocycles. The summed E-state index contributed by atoms with van der Waals surface area (Å²) in [6.07, 6.45) is 1.36. The minimum Gasteiger partial charge on any atom is -0.325 e. The first-order valence-corrected chi connectivity index (χ1v) is 6.94. The molecule has 0 fully saturated rings. The second-order valence-corrected chi connectivity index (χ2v) is 5.34. The van der Waals surface area contributed by atoms with E-state index >= 15 is 0 Å². The molecule has 0 spiro atoms. The van der Waals surface area contributed by atoms with E-state index in [1.165, 1.54) is 0 Å². The first-order valence-electron chi connectivity index (χ1n) is 6.15. The van der Waals surface area contributed by atoms with Gasteiger partial charge in [-0.3, -0.25) is 4.79 Å². The van der Waals surface area contributed by atoms with E-state index in [-0.39, 0.29) is 5.91 Å². The molecule has 1 aromatic rings. The van der Waals surface area contributed by atoms with Crippen molar-refractivity contribution in [1.29, 1.82) is 0 Å². The molecule has 0 aromatic carbocycles. The average molecular weight is 314 g/mol. The summed E-state index contributed by atoms with van der Waals surface area (Å²) in [7, 11) is 0. The molecule has 1 rings (SSSR count). The number of aryl methyl sites for hydroxylation is 1. The molecule has 0 aliphatic rings. The summed E-state index contributed by atoms with van der Waals surface area (Å²) >= 11 is 3.30. The highest BCUT2D eigenvalue weighted by molar-refractivity contribution is 9.10. The number of pyridine rings is 1. The number of amides is 1. The number of aromatic nitrogens is 1. The molecular formula is C13H20BrN3O. The zero-order chi connectivity index (χ0) is 13.5. The molecular weight excluding hydrogens is 294 g/mol. The molecule has 1 amide bonds. The molecule has 0 unspecified atom stereocenters. The van der Waals surface area contributed by atoms with Crippen molar-refractivity contribution in [3.05, 3.63) is 22.4 Å². The Hall–Kier alpha value is -0.940. The maximum Gasteiger partial charge on any atom is 0.224 e. The van der Waals surface area contributed by atoms with E-state index in [1.54, 1.807) is 0 Å². The van der Waals surface area contributed by atoms with Gasteiger partial charge in [-0.05, 0) is 48.0 Å². The van der Waals surface area contributed by atoms with Crippen molar-refractivity contribution < 1.29 is 4.79 Å². The molecule has 0 atom stereocenters. The molecule has 1 heterocycles. The molecule has 4 nitrogen and oxygen atoms in total. The first kappa shape index (κ1) is 15.1. The zero-order valence-corrected chi connectivity index (χ0v) is 12.7. The average Bonchev–Trinajstić information content (AvgIpc) is 2.28. The summed E-state index contributed by atoms with van der Waals surface area (Å²) < 4.78 is 0.777. The van der Waals surface area contributed by atoms with Gasteiger partial charge in [0.1, 0.15) is 4.60 Å². The van der Waals surface area contributed by atoms with E-state index in [9.17, 15) is 4.79 Å². The quantitative estimate of drug-likeness (QED) is 0.627. The second kappa shape index (κ2) is 7.48. The third-order valence-electron chi connectivity index (χ3n) is 2.46. The number of carbonyl (C=O) groups excluding carboxylic acids is 1. The second-order valence-electron chi connectivity index (χ2n) is 4.53. The van der Waals surface area contributed by atoms with Gasteiger partial charge in [0.05, 0.1) is 11.4 Å². The van der Waals surface area contributed by atoms with Crippen LogP contribution >= 0.6 is 15.9 Å². The number of hydrogen-bond acceptors (Lipinski definition) is 3. The van der Waals surface area contributed by atoms with Gasteiger partial charge >= 0.3 is 0 Å². The Morgan fingerprint density at radius 1 is 1.44 bits per heavy atom. The Labute approximate surface area is 117 Å². The fraction of sp³-hybridized carbons (Fsp3) is 0.538. The van der Waals surface area contributed by atoms with E-state index in [0.29, 0.717) is 12.5 Å². The molecule has 1 aromatic heterocycles. The third-order valence-corrected chi connectivity index (χ3v) is 2.90. The zero-order valence-electron chi connectivity index (χ0n) is 11.1. The van der Waals surface area contributed by atoms with Gasteiger partial charge in [0.2, 0.25) is 5.91 Å². The Kier molecular flexibility index (Phi) is 6.29. The highest BCUT2D eigenvalue weighted by atomic mass is 79.9. The first-order chi connectivity index (χ1) is 8.49. The van der Waals surface area contributed by atoms with Crippen LogP contribution in [0.1, 0.15) is 32.4 Å². The van der Waals surface area contributed by atoms with Crippen molar-refractivity contribution in [2.75, 3.05) is 11.9 Å². The smallest absolute Gasteiger partial charge is 0.224 e. The summed E-state index contributed by atoms with van der Waals surface area (Å²) in [6, 6.07) is 4.14. The Morgan fingerprint density at radius 3 is 2.78 bits per heavy atom. The summed E-state index contributed by atoms with van der Waals surface area (Å²) in [5.41, 5.74) is 1.60. The molecule has 2 N–H and O–H groups in total. The van der Waals surface area contributed by atoms with E-state index in [2.05, 4.69) is 45.4 Å². The molecule has 0 radical (unpaired) electrons. The van der Waals surface area contributed by atoms with Crippen LogP contribution in [0.3, 0.4) is 0 Å². The number of nitrogens with zero attached hydrogens (tertiary/aromatic N) is 1. The van der Waals surface area contributed by atoms with Gasteiger partial charge in [-0.25, -0.2) is 4.98 Å². The number of nitrogens with one attached hydrogen (secondary N) is 2. The standard InChI is InChI=1S/C13H20BrN3O/c1-9(2)15-8-4-5-13(18)17-11-6-7-12(14)16-10(11)3/h6-7,9,15H,4-5,8H2,1-3H3,(H,17,18). The van der Waals surface area contributed by atoms with Gasteiger partial charge in [0, 0.05) is 12.5 Å². The summed E-state index contributed by atoms with van der Waals surface area (Å²) in [4.78, 5) is 16.0. The molecule has 0 saturated carbocycles. The van der Waals surface area contributed by atoms with Gasteiger partial charge in [-0.15, -0.1) is 0 Å². The minimum absolute atomic E-state index is 0.0350. The maximum absolute atomic E-state index is 11.7. The van der Waals surface area contributed by atoms with Crippen molar-refractivity contribution in [2.24, 2.45) is 0 Å². The fourth-order valence-corrected chi connectivity index (χ4v) is 1.91. The normalized spacial score (nSPS) is 10.7. The number of hydrogen-bond donors (Lipinski definition) is 2. The number of rotatable bonds is 6. The van der Waals surface area contributed by atoms with E-state index in [1.807, 2.05) is 19.1 Å². The van der Waals surface area contributed by atoms with Crippen molar-refractivity contribution >= 4 is 27.5 Å². The van der Waals surface area contributed by atoms with Crippen LogP contribution in [0.15, 0.2) is 16.7 Å². The van der Waals surface area contributed by atoms with Crippen LogP contribution in [0.5, 0.6) is 0 Å². The molecule has 18 heavy (non-hydrogen) atoms. The lowest BCUT2D eigenvalue weighted by atomic mass is 10.2. The summed E-state index contributed by atoms with van der Waals surface area (Å²) in [6.45, 7) is 6.93. The van der Waals surface area contributed by atoms with Gasteiger partial charge in [-0.2, -0.15) is 0 Å². The highest BCUT2D eigenvalue weighted by Gasteiger charge is 2.05. The van der Waals surface area contributed by atoms with Crippen molar-refractivity contribution in [2.45, 2.75) is 39.7 Å². The van der Waals surface area contributed by atoms with Crippen LogP contribution in [0, 0.1) is 6.92 Å². The molecule has 0 aliphatic carbocycles. The van der Waals surface area contributed by atoms with E-state index in [0.717, 1.165) is 29.0 Å². The lowest BCUT2D eigenvalue weighted by Crippen LogP contribution is -2.24. The van der Waals surface area contributed by atoms with Crippen molar-refractivity contribution in [3.8, 4) is 0 Å². The van der Waals surface area contributed by atoms with Crippen molar-refractivity contribution in [1.82, 2.24) is 10.3 Å². The molecule has 0 bridgehead atoms. The Balaban J connectivity index is 2.35. The maximum atomic E-state index is 11.7. The monoisotopic (exact) mass is 313 g/mol. The number of halogens is 1. The largest absolute Gasteiger partial charge is 0.325 e. The molecule has 0 saturated heterocycles.